The minimum Gasteiger partial charge on any atom is -0.507 e. The van der Waals surface area contributed by atoms with Gasteiger partial charge in [-0.2, -0.15) is 0 Å². The molecule has 1 atom stereocenters. The second-order valence-corrected chi connectivity index (χ2v) is 9.33. The molecule has 1 aliphatic heterocycles. The van der Waals surface area contributed by atoms with Crippen LogP contribution in [-0.4, -0.2) is 30.5 Å². The second-order valence-electron chi connectivity index (χ2n) is 9.33. The van der Waals surface area contributed by atoms with Crippen LogP contribution in [0.25, 0.3) is 5.76 Å². The summed E-state index contributed by atoms with van der Waals surface area (Å²) in [6, 6.07) is 12.1. The summed E-state index contributed by atoms with van der Waals surface area (Å²) in [6.45, 7) is 7.99. The van der Waals surface area contributed by atoms with Gasteiger partial charge in [0.15, 0.2) is 11.6 Å². The molecule has 0 aromatic heterocycles. The number of methoxy groups -OCH3 is 1. The van der Waals surface area contributed by atoms with Crippen LogP contribution in [0.5, 0.6) is 11.5 Å². The zero-order chi connectivity index (χ0) is 27.7. The van der Waals surface area contributed by atoms with Crippen LogP contribution in [0.1, 0.15) is 55.0 Å². The van der Waals surface area contributed by atoms with E-state index in [4.69, 9.17) is 9.47 Å². The Morgan fingerprint density at radius 1 is 1.03 bits per heavy atom. The van der Waals surface area contributed by atoms with E-state index in [1.165, 1.54) is 6.07 Å². The van der Waals surface area contributed by atoms with Gasteiger partial charge < -0.3 is 14.6 Å². The van der Waals surface area contributed by atoms with Gasteiger partial charge in [0.1, 0.15) is 17.3 Å². The summed E-state index contributed by atoms with van der Waals surface area (Å²) < 4.78 is 38.9. The molecule has 1 N–H and O–H groups in total. The molecule has 38 heavy (non-hydrogen) atoms. The number of aliphatic hydroxyl groups is 1. The SMILES string of the molecule is CCOc1ccc(C2/C(=C(\O)c3cc(C(C)C)c(OC)cc3C)C(=O)C(=O)N2c2ccc(F)c(F)c2)cc1. The topological polar surface area (TPSA) is 76.1 Å². The summed E-state index contributed by atoms with van der Waals surface area (Å²) in [7, 11) is 1.56. The van der Waals surface area contributed by atoms with Crippen molar-refractivity contribution in [3.8, 4) is 11.5 Å². The Labute approximate surface area is 220 Å². The number of ketones is 1. The van der Waals surface area contributed by atoms with Gasteiger partial charge in [-0.1, -0.05) is 26.0 Å². The van der Waals surface area contributed by atoms with Crippen molar-refractivity contribution < 1.29 is 33.0 Å². The molecule has 0 radical (unpaired) electrons. The largest absolute Gasteiger partial charge is 0.507 e. The average Bonchev–Trinajstić information content (AvgIpc) is 3.15. The maximum Gasteiger partial charge on any atom is 0.300 e. The molecule has 3 aromatic carbocycles. The zero-order valence-corrected chi connectivity index (χ0v) is 21.8. The number of ether oxygens (including phenoxy) is 2. The molecule has 1 fully saturated rings. The maximum atomic E-state index is 14.2. The minimum absolute atomic E-state index is 0.0155. The molecule has 1 unspecified atom stereocenters. The Bertz CT molecular complexity index is 1430. The van der Waals surface area contributed by atoms with Gasteiger partial charge in [0.25, 0.3) is 11.7 Å². The summed E-state index contributed by atoms with van der Waals surface area (Å²) in [6.07, 6.45) is 0. The summed E-state index contributed by atoms with van der Waals surface area (Å²) in [4.78, 5) is 27.8. The molecule has 0 saturated carbocycles. The van der Waals surface area contributed by atoms with Gasteiger partial charge in [-0.05, 0) is 72.9 Å². The van der Waals surface area contributed by atoms with Gasteiger partial charge in [-0.3, -0.25) is 14.5 Å². The van der Waals surface area contributed by atoms with Gasteiger partial charge in [-0.15, -0.1) is 0 Å². The lowest BCUT2D eigenvalue weighted by Crippen LogP contribution is -2.29. The van der Waals surface area contributed by atoms with Crippen LogP contribution in [0.4, 0.5) is 14.5 Å². The molecule has 0 bridgehead atoms. The third-order valence-electron chi connectivity index (χ3n) is 6.59. The quantitative estimate of drug-likeness (QED) is 0.220. The van der Waals surface area contributed by atoms with Crippen molar-refractivity contribution in [2.45, 2.75) is 39.7 Å². The van der Waals surface area contributed by atoms with Crippen molar-refractivity contribution in [1.29, 1.82) is 0 Å². The van der Waals surface area contributed by atoms with Crippen LogP contribution in [0.2, 0.25) is 0 Å². The number of hydrogen-bond acceptors (Lipinski definition) is 5. The molecule has 1 heterocycles. The highest BCUT2D eigenvalue weighted by Crippen LogP contribution is 2.44. The van der Waals surface area contributed by atoms with Crippen molar-refractivity contribution in [1.82, 2.24) is 0 Å². The first kappa shape index (κ1) is 26.9. The third kappa shape index (κ3) is 4.74. The molecular formula is C30H29F2NO5. The summed E-state index contributed by atoms with van der Waals surface area (Å²) in [5.74, 6) is -3.26. The van der Waals surface area contributed by atoms with E-state index in [0.717, 1.165) is 22.6 Å². The van der Waals surface area contributed by atoms with Gasteiger partial charge in [0, 0.05) is 17.3 Å². The van der Waals surface area contributed by atoms with Crippen LogP contribution in [-0.2, 0) is 9.59 Å². The lowest BCUT2D eigenvalue weighted by molar-refractivity contribution is -0.132. The average molecular weight is 522 g/mol. The summed E-state index contributed by atoms with van der Waals surface area (Å²) >= 11 is 0. The first-order valence-corrected chi connectivity index (χ1v) is 12.3. The molecule has 1 saturated heterocycles. The fourth-order valence-electron chi connectivity index (χ4n) is 4.69. The summed E-state index contributed by atoms with van der Waals surface area (Å²) in [5.41, 5.74) is 2.12. The standard InChI is InChI=1S/C30H29F2NO5/c1-6-38-20-10-7-18(8-11-20)27-26(28(34)22-15-21(16(2)3)25(37-5)13-17(22)4)29(35)30(36)33(27)19-9-12-23(31)24(32)14-19/h7-16,27,34H,6H2,1-5H3/b28-26+. The molecule has 6 nitrogen and oxygen atoms in total. The van der Waals surface area contributed by atoms with Crippen LogP contribution in [0.15, 0.2) is 60.2 Å². The van der Waals surface area contributed by atoms with Gasteiger partial charge in [0.05, 0.1) is 25.3 Å². The van der Waals surface area contributed by atoms with Crippen molar-refractivity contribution >= 4 is 23.1 Å². The molecule has 0 aliphatic carbocycles. The molecule has 3 aromatic rings. The predicted molar refractivity (Wildman–Crippen MR) is 141 cm³/mol. The number of hydrogen-bond donors (Lipinski definition) is 1. The Morgan fingerprint density at radius 2 is 1.71 bits per heavy atom. The number of Topliss-reactive ketones (excluding diaryl/α,β-unsaturated/α-hetero) is 1. The Balaban J connectivity index is 1.97. The fourth-order valence-corrected chi connectivity index (χ4v) is 4.69. The number of halogens is 2. The van der Waals surface area contributed by atoms with Crippen molar-refractivity contribution in [3.63, 3.8) is 0 Å². The van der Waals surface area contributed by atoms with E-state index in [0.29, 0.717) is 34.8 Å². The van der Waals surface area contributed by atoms with E-state index in [9.17, 15) is 23.5 Å². The lowest BCUT2D eigenvalue weighted by atomic mass is 9.91. The number of benzene rings is 3. The normalized spacial score (nSPS) is 16.8. The molecule has 8 heteroatoms. The number of nitrogens with zero attached hydrogens (tertiary/aromatic N) is 1. The van der Waals surface area contributed by atoms with Crippen LogP contribution >= 0.6 is 0 Å². The molecule has 1 amide bonds. The van der Waals surface area contributed by atoms with Gasteiger partial charge >= 0.3 is 0 Å². The number of rotatable bonds is 7. The monoisotopic (exact) mass is 521 g/mol. The van der Waals surface area contributed by atoms with E-state index in [2.05, 4.69) is 0 Å². The highest BCUT2D eigenvalue weighted by molar-refractivity contribution is 6.51. The summed E-state index contributed by atoms with van der Waals surface area (Å²) in [5, 5.41) is 11.6. The van der Waals surface area contributed by atoms with Crippen LogP contribution < -0.4 is 14.4 Å². The van der Waals surface area contributed by atoms with Crippen molar-refractivity contribution in [2.75, 3.05) is 18.6 Å². The van der Waals surface area contributed by atoms with E-state index in [-0.39, 0.29) is 22.9 Å². The molecule has 4 rings (SSSR count). The first-order valence-electron chi connectivity index (χ1n) is 12.3. The van der Waals surface area contributed by atoms with E-state index < -0.39 is 29.4 Å². The zero-order valence-electron chi connectivity index (χ0n) is 21.8. The third-order valence-corrected chi connectivity index (χ3v) is 6.59. The van der Waals surface area contributed by atoms with Gasteiger partial charge in [-0.25, -0.2) is 8.78 Å². The molecule has 198 valence electrons. The second kappa shape index (κ2) is 10.7. The van der Waals surface area contributed by atoms with E-state index in [1.807, 2.05) is 20.8 Å². The number of carbonyl (C=O) groups excluding carboxylic acids is 2. The van der Waals surface area contributed by atoms with Crippen LogP contribution in [0.3, 0.4) is 0 Å². The minimum atomic E-state index is -1.16. The molecule has 0 spiro atoms. The number of amides is 1. The Hall–Kier alpha value is -4.20. The van der Waals surface area contributed by atoms with Gasteiger partial charge in [0.2, 0.25) is 0 Å². The number of anilines is 1. The highest BCUT2D eigenvalue weighted by Gasteiger charge is 2.47. The highest BCUT2D eigenvalue weighted by atomic mass is 19.2. The van der Waals surface area contributed by atoms with Crippen molar-refractivity contribution in [2.24, 2.45) is 0 Å². The smallest absolute Gasteiger partial charge is 0.300 e. The lowest BCUT2D eigenvalue weighted by Gasteiger charge is -2.26. The van der Waals surface area contributed by atoms with Crippen LogP contribution in [0, 0.1) is 18.6 Å². The Kier molecular flexibility index (Phi) is 7.53. The number of aryl methyl sites for hydroxylation is 1. The number of aliphatic hydroxyl groups excluding tert-OH is 1. The van der Waals surface area contributed by atoms with E-state index >= 15 is 0 Å². The fraction of sp³-hybridized carbons (Fsp3) is 0.267. The van der Waals surface area contributed by atoms with E-state index in [1.54, 1.807) is 50.4 Å². The van der Waals surface area contributed by atoms with Crippen molar-refractivity contribution in [3.05, 3.63) is 94.1 Å². The Morgan fingerprint density at radius 3 is 2.29 bits per heavy atom. The molecular weight excluding hydrogens is 492 g/mol. The first-order chi connectivity index (χ1) is 18.1. The number of carbonyl (C=O) groups is 2. The molecule has 1 aliphatic rings. The predicted octanol–water partition coefficient (Wildman–Crippen LogP) is 6.43. The maximum absolute atomic E-state index is 14.2.